The molecule has 0 fully saturated rings. The van der Waals surface area contributed by atoms with Crippen LogP contribution in [0.2, 0.25) is 10.6 Å². The van der Waals surface area contributed by atoms with E-state index < -0.39 is 0 Å². The van der Waals surface area contributed by atoms with Crippen LogP contribution in [0.3, 0.4) is 0 Å². The molecule has 0 bridgehead atoms. The number of aromatic nitrogens is 3. The summed E-state index contributed by atoms with van der Waals surface area (Å²) in [4.78, 5) is 22.2. The number of nitrogens with zero attached hydrogens (tertiary/aromatic N) is 3. The maximum Gasteiger partial charge on any atom is 0.228 e. The van der Waals surface area contributed by atoms with Gasteiger partial charge in [-0.2, -0.15) is 15.0 Å². The van der Waals surface area contributed by atoms with Crippen LogP contribution in [0.4, 0.5) is 5.95 Å². The molecule has 1 aromatic rings. The third-order valence-corrected chi connectivity index (χ3v) is 2.06. The molecule has 16 heavy (non-hydrogen) atoms. The van der Waals surface area contributed by atoms with E-state index in [9.17, 15) is 4.79 Å². The summed E-state index contributed by atoms with van der Waals surface area (Å²) in [6.45, 7) is 0.560. The Morgan fingerprint density at radius 1 is 1.25 bits per heavy atom. The number of hydrogen-bond donors (Lipinski definition) is 2. The van der Waals surface area contributed by atoms with Gasteiger partial charge in [0.2, 0.25) is 22.4 Å². The Kier molecular flexibility index (Phi) is 5.21. The van der Waals surface area contributed by atoms with Gasteiger partial charge in [0, 0.05) is 20.0 Å². The van der Waals surface area contributed by atoms with Gasteiger partial charge in [-0.05, 0) is 29.6 Å². The normalized spacial score (nSPS) is 9.94. The van der Waals surface area contributed by atoms with Crippen molar-refractivity contribution < 1.29 is 4.79 Å². The fourth-order valence-electron chi connectivity index (χ4n) is 0.979. The van der Waals surface area contributed by atoms with E-state index in [2.05, 4.69) is 25.6 Å². The maximum atomic E-state index is 10.9. The Morgan fingerprint density at radius 3 is 2.44 bits per heavy atom. The van der Waals surface area contributed by atoms with Gasteiger partial charge in [-0.15, -0.1) is 0 Å². The van der Waals surface area contributed by atoms with Crippen LogP contribution in [0.5, 0.6) is 0 Å². The molecule has 8 heteroatoms. The highest BCUT2D eigenvalue weighted by molar-refractivity contribution is 6.31. The molecule has 0 saturated carbocycles. The largest absolute Gasteiger partial charge is 0.359 e. The molecule has 0 aliphatic carbocycles. The molecule has 0 saturated heterocycles. The highest BCUT2D eigenvalue weighted by Gasteiger charge is 2.02. The second-order valence-corrected chi connectivity index (χ2v) is 3.58. The van der Waals surface area contributed by atoms with Crippen molar-refractivity contribution >= 4 is 35.1 Å². The lowest BCUT2D eigenvalue weighted by Crippen LogP contribution is -2.18. The first-order valence-electron chi connectivity index (χ1n) is 4.63. The number of nitrogens with one attached hydrogen (secondary N) is 2. The first kappa shape index (κ1) is 12.9. The van der Waals surface area contributed by atoms with Crippen molar-refractivity contribution in [3.05, 3.63) is 10.6 Å². The molecule has 0 unspecified atom stereocenters. The molecule has 6 nitrogen and oxygen atoms in total. The van der Waals surface area contributed by atoms with E-state index in [0.717, 1.165) is 0 Å². The molecule has 1 aromatic heterocycles. The van der Waals surface area contributed by atoms with Gasteiger partial charge in [-0.25, -0.2) is 0 Å². The Hall–Kier alpha value is -1.14. The maximum absolute atomic E-state index is 10.9. The lowest BCUT2D eigenvalue weighted by atomic mass is 10.3. The SMILES string of the molecule is CNC(=O)CCCNc1nc(Cl)nc(Cl)n1. The van der Waals surface area contributed by atoms with Crippen molar-refractivity contribution in [2.45, 2.75) is 12.8 Å². The zero-order valence-electron chi connectivity index (χ0n) is 8.63. The molecular formula is C8H11Cl2N5O. The third-order valence-electron chi connectivity index (χ3n) is 1.72. The number of carbonyl (C=O) groups is 1. The van der Waals surface area contributed by atoms with Gasteiger partial charge in [0.15, 0.2) is 0 Å². The average molecular weight is 264 g/mol. The lowest BCUT2D eigenvalue weighted by Gasteiger charge is -2.04. The molecule has 0 aromatic carbocycles. The number of halogens is 2. The standard InChI is InChI=1S/C8H11Cl2N5O/c1-11-5(16)3-2-4-12-8-14-6(9)13-7(10)15-8/h2-4H2,1H3,(H,11,16)(H,12,13,14,15). The molecule has 0 aliphatic rings. The summed E-state index contributed by atoms with van der Waals surface area (Å²) in [6, 6.07) is 0. The van der Waals surface area contributed by atoms with E-state index in [-0.39, 0.29) is 16.5 Å². The number of hydrogen-bond acceptors (Lipinski definition) is 5. The number of carbonyl (C=O) groups excluding carboxylic acids is 1. The van der Waals surface area contributed by atoms with Gasteiger partial charge < -0.3 is 10.6 Å². The molecule has 0 atom stereocenters. The van der Waals surface area contributed by atoms with E-state index in [1.54, 1.807) is 7.05 Å². The molecule has 0 spiro atoms. The van der Waals surface area contributed by atoms with Crippen molar-refractivity contribution in [1.29, 1.82) is 0 Å². The van der Waals surface area contributed by atoms with E-state index in [1.165, 1.54) is 0 Å². The molecule has 1 heterocycles. The second kappa shape index (κ2) is 6.44. The van der Waals surface area contributed by atoms with Crippen LogP contribution >= 0.6 is 23.2 Å². The minimum absolute atomic E-state index is 0.00601. The summed E-state index contributed by atoms with van der Waals surface area (Å²) >= 11 is 11.2. The number of anilines is 1. The highest BCUT2D eigenvalue weighted by atomic mass is 35.5. The van der Waals surface area contributed by atoms with Crippen LogP contribution < -0.4 is 10.6 Å². The van der Waals surface area contributed by atoms with Crippen LogP contribution in [0, 0.1) is 0 Å². The molecule has 1 amide bonds. The van der Waals surface area contributed by atoms with Gasteiger partial charge in [0.25, 0.3) is 0 Å². The molecule has 88 valence electrons. The summed E-state index contributed by atoms with van der Waals surface area (Å²) in [5.41, 5.74) is 0. The monoisotopic (exact) mass is 263 g/mol. The van der Waals surface area contributed by atoms with Gasteiger partial charge in [0.1, 0.15) is 0 Å². The van der Waals surface area contributed by atoms with Crippen LogP contribution in [0.1, 0.15) is 12.8 Å². The first-order chi connectivity index (χ1) is 7.61. The van der Waals surface area contributed by atoms with E-state index >= 15 is 0 Å². The van der Waals surface area contributed by atoms with Crippen LogP contribution in [-0.2, 0) is 4.79 Å². The van der Waals surface area contributed by atoms with Crippen LogP contribution in [0.25, 0.3) is 0 Å². The van der Waals surface area contributed by atoms with E-state index in [1.807, 2.05) is 0 Å². The van der Waals surface area contributed by atoms with Gasteiger partial charge in [0.05, 0.1) is 0 Å². The van der Waals surface area contributed by atoms with E-state index in [4.69, 9.17) is 23.2 Å². The quantitative estimate of drug-likeness (QED) is 0.779. The molecule has 0 aliphatic heterocycles. The fourth-order valence-corrected chi connectivity index (χ4v) is 1.34. The fraction of sp³-hybridized carbons (Fsp3) is 0.500. The Balaban J connectivity index is 2.34. The molecule has 0 radical (unpaired) electrons. The Labute approximate surface area is 103 Å². The predicted octanol–water partition coefficient (Wildman–Crippen LogP) is 1.12. The first-order valence-corrected chi connectivity index (χ1v) is 5.39. The summed E-state index contributed by atoms with van der Waals surface area (Å²) in [7, 11) is 1.60. The van der Waals surface area contributed by atoms with Crippen LogP contribution in [-0.4, -0.2) is 34.5 Å². The summed E-state index contributed by atoms with van der Waals surface area (Å²) < 4.78 is 0. The third kappa shape index (κ3) is 4.59. The van der Waals surface area contributed by atoms with Crippen molar-refractivity contribution in [2.75, 3.05) is 18.9 Å². The smallest absolute Gasteiger partial charge is 0.228 e. The minimum Gasteiger partial charge on any atom is -0.359 e. The van der Waals surface area contributed by atoms with Crippen molar-refractivity contribution in [3.8, 4) is 0 Å². The van der Waals surface area contributed by atoms with Gasteiger partial charge >= 0.3 is 0 Å². The number of amides is 1. The number of rotatable bonds is 5. The second-order valence-electron chi connectivity index (χ2n) is 2.90. The van der Waals surface area contributed by atoms with Gasteiger partial charge in [-0.3, -0.25) is 4.79 Å². The Bertz CT molecular complexity index is 353. The van der Waals surface area contributed by atoms with Crippen molar-refractivity contribution in [1.82, 2.24) is 20.3 Å². The minimum atomic E-state index is -0.00601. The summed E-state index contributed by atoms with van der Waals surface area (Å²) in [5, 5.41) is 5.50. The van der Waals surface area contributed by atoms with Crippen molar-refractivity contribution in [2.24, 2.45) is 0 Å². The summed E-state index contributed by atoms with van der Waals surface area (Å²) in [6.07, 6.45) is 1.11. The van der Waals surface area contributed by atoms with Crippen LogP contribution in [0.15, 0.2) is 0 Å². The highest BCUT2D eigenvalue weighted by Crippen LogP contribution is 2.09. The van der Waals surface area contributed by atoms with E-state index in [0.29, 0.717) is 25.3 Å². The predicted molar refractivity (Wildman–Crippen MR) is 61.6 cm³/mol. The zero-order valence-corrected chi connectivity index (χ0v) is 10.1. The lowest BCUT2D eigenvalue weighted by molar-refractivity contribution is -0.120. The Morgan fingerprint density at radius 2 is 1.88 bits per heavy atom. The molecular weight excluding hydrogens is 253 g/mol. The molecule has 2 N–H and O–H groups in total. The topological polar surface area (TPSA) is 79.8 Å². The zero-order chi connectivity index (χ0) is 12.0. The van der Waals surface area contributed by atoms with Gasteiger partial charge in [-0.1, -0.05) is 0 Å². The molecule has 1 rings (SSSR count). The van der Waals surface area contributed by atoms with Crippen molar-refractivity contribution in [3.63, 3.8) is 0 Å². The average Bonchev–Trinajstić information content (AvgIpc) is 2.22. The summed E-state index contributed by atoms with van der Waals surface area (Å²) in [5.74, 6) is 0.301.